The molecule has 0 aliphatic carbocycles. The van der Waals surface area contributed by atoms with Crippen LogP contribution in [0.1, 0.15) is 13.3 Å². The average molecular weight is 359 g/mol. The highest BCUT2D eigenvalue weighted by molar-refractivity contribution is 7.99. The molecule has 1 aliphatic heterocycles. The predicted molar refractivity (Wildman–Crippen MR) is 103 cm³/mol. The summed E-state index contributed by atoms with van der Waals surface area (Å²) >= 11 is 1.65. The minimum atomic E-state index is 0.111. The first-order valence-corrected chi connectivity index (χ1v) is 9.33. The minimum absolute atomic E-state index is 0.111. The Morgan fingerprint density at radius 1 is 1.16 bits per heavy atom. The Morgan fingerprint density at radius 3 is 2.60 bits per heavy atom. The summed E-state index contributed by atoms with van der Waals surface area (Å²) in [6.45, 7) is 4.69. The molecule has 0 amide bonds. The van der Waals surface area contributed by atoms with E-state index in [1.54, 1.807) is 11.8 Å². The Labute approximate surface area is 153 Å². The SMILES string of the molecule is CC(CC1CNCCO1)Oc1ccc(Sc2ccc(N)c(N)c2)cc1. The largest absolute Gasteiger partial charge is 0.491 e. The molecule has 3 rings (SSSR count). The van der Waals surface area contributed by atoms with Gasteiger partial charge in [0.15, 0.2) is 0 Å². The number of hydrogen-bond donors (Lipinski definition) is 3. The van der Waals surface area contributed by atoms with E-state index in [0.29, 0.717) is 11.4 Å². The van der Waals surface area contributed by atoms with Crippen molar-refractivity contribution >= 4 is 23.1 Å². The quantitative estimate of drug-likeness (QED) is 0.687. The number of nitrogen functional groups attached to an aromatic ring is 2. The normalized spacial score (nSPS) is 18.7. The van der Waals surface area contributed by atoms with Crippen molar-refractivity contribution in [2.45, 2.75) is 35.3 Å². The fourth-order valence-electron chi connectivity index (χ4n) is 2.76. The summed E-state index contributed by atoms with van der Waals surface area (Å²) in [6.07, 6.45) is 1.23. The van der Waals surface area contributed by atoms with Crippen LogP contribution < -0.4 is 21.5 Å². The third-order valence-electron chi connectivity index (χ3n) is 4.05. The van der Waals surface area contributed by atoms with Gasteiger partial charge in [0.05, 0.1) is 30.2 Å². The molecule has 0 aromatic heterocycles. The van der Waals surface area contributed by atoms with Gasteiger partial charge in [0.1, 0.15) is 5.75 Å². The molecule has 0 saturated carbocycles. The third kappa shape index (κ3) is 5.29. The van der Waals surface area contributed by atoms with Gasteiger partial charge in [-0.3, -0.25) is 0 Å². The molecule has 6 heteroatoms. The summed E-state index contributed by atoms with van der Waals surface area (Å²) in [5, 5.41) is 3.34. The molecule has 0 radical (unpaired) electrons. The van der Waals surface area contributed by atoms with Gasteiger partial charge >= 0.3 is 0 Å². The van der Waals surface area contributed by atoms with Crippen molar-refractivity contribution in [2.24, 2.45) is 0 Å². The minimum Gasteiger partial charge on any atom is -0.491 e. The molecule has 1 saturated heterocycles. The van der Waals surface area contributed by atoms with E-state index in [9.17, 15) is 0 Å². The molecule has 2 aromatic carbocycles. The van der Waals surface area contributed by atoms with E-state index in [4.69, 9.17) is 20.9 Å². The second-order valence-electron chi connectivity index (χ2n) is 6.23. The van der Waals surface area contributed by atoms with Gasteiger partial charge in [-0.1, -0.05) is 11.8 Å². The first-order valence-electron chi connectivity index (χ1n) is 8.52. The second-order valence-corrected chi connectivity index (χ2v) is 7.37. The zero-order valence-electron chi connectivity index (χ0n) is 14.4. The van der Waals surface area contributed by atoms with Crippen LogP contribution in [0.2, 0.25) is 0 Å². The van der Waals surface area contributed by atoms with Crippen molar-refractivity contribution in [3.05, 3.63) is 42.5 Å². The van der Waals surface area contributed by atoms with Gasteiger partial charge in [-0.05, 0) is 49.4 Å². The van der Waals surface area contributed by atoms with Crippen LogP contribution in [-0.2, 0) is 4.74 Å². The van der Waals surface area contributed by atoms with E-state index in [0.717, 1.165) is 41.7 Å². The van der Waals surface area contributed by atoms with Crippen LogP contribution >= 0.6 is 11.8 Å². The van der Waals surface area contributed by atoms with E-state index in [1.807, 2.05) is 30.3 Å². The van der Waals surface area contributed by atoms with Crippen LogP contribution in [0, 0.1) is 0 Å². The highest BCUT2D eigenvalue weighted by atomic mass is 32.2. The molecule has 0 bridgehead atoms. The van der Waals surface area contributed by atoms with Gasteiger partial charge in [0.2, 0.25) is 0 Å². The molecule has 134 valence electrons. The molecule has 2 aromatic rings. The van der Waals surface area contributed by atoms with E-state index in [-0.39, 0.29) is 12.2 Å². The van der Waals surface area contributed by atoms with Crippen LogP contribution in [0.5, 0.6) is 5.75 Å². The molecule has 1 heterocycles. The topological polar surface area (TPSA) is 82.5 Å². The summed E-state index contributed by atoms with van der Waals surface area (Å²) in [4.78, 5) is 2.19. The van der Waals surface area contributed by atoms with Crippen molar-refractivity contribution < 1.29 is 9.47 Å². The number of anilines is 2. The summed E-state index contributed by atoms with van der Waals surface area (Å²) in [5.41, 5.74) is 12.8. The van der Waals surface area contributed by atoms with Crippen LogP contribution in [-0.4, -0.2) is 31.9 Å². The maximum absolute atomic E-state index is 6.00. The number of benzene rings is 2. The Hall–Kier alpha value is -1.89. The molecule has 25 heavy (non-hydrogen) atoms. The summed E-state index contributed by atoms with van der Waals surface area (Å²) in [5.74, 6) is 0.873. The summed E-state index contributed by atoms with van der Waals surface area (Å²) in [6, 6.07) is 13.8. The second kappa shape index (κ2) is 8.47. The Balaban J connectivity index is 1.53. The third-order valence-corrected chi connectivity index (χ3v) is 5.05. The number of rotatable bonds is 6. The molecule has 0 spiro atoms. The molecule has 2 unspecified atom stereocenters. The van der Waals surface area contributed by atoms with Crippen molar-refractivity contribution in [1.82, 2.24) is 5.32 Å². The van der Waals surface area contributed by atoms with Gasteiger partial charge in [-0.25, -0.2) is 0 Å². The van der Waals surface area contributed by atoms with Crippen molar-refractivity contribution in [3.63, 3.8) is 0 Å². The van der Waals surface area contributed by atoms with E-state index in [2.05, 4.69) is 24.4 Å². The lowest BCUT2D eigenvalue weighted by molar-refractivity contribution is 0.00334. The molecule has 1 fully saturated rings. The zero-order valence-corrected chi connectivity index (χ0v) is 15.2. The standard InChI is InChI=1S/C19H25N3O2S/c1-13(10-15-12-22-8-9-23-15)24-14-2-4-16(5-3-14)25-17-6-7-18(20)19(21)11-17/h2-7,11,13,15,22H,8-10,12,20-21H2,1H3. The lowest BCUT2D eigenvalue weighted by Gasteiger charge is -2.26. The smallest absolute Gasteiger partial charge is 0.119 e. The van der Waals surface area contributed by atoms with E-state index in [1.165, 1.54) is 0 Å². The van der Waals surface area contributed by atoms with Gasteiger partial charge < -0.3 is 26.3 Å². The fraction of sp³-hybridized carbons (Fsp3) is 0.368. The molecule has 5 N–H and O–H groups in total. The lowest BCUT2D eigenvalue weighted by Crippen LogP contribution is -2.40. The van der Waals surface area contributed by atoms with Gasteiger partial charge in [-0.15, -0.1) is 0 Å². The highest BCUT2D eigenvalue weighted by Crippen LogP contribution is 2.32. The first-order chi connectivity index (χ1) is 12.1. The van der Waals surface area contributed by atoms with E-state index < -0.39 is 0 Å². The maximum Gasteiger partial charge on any atom is 0.119 e. The average Bonchev–Trinajstić information content (AvgIpc) is 2.61. The number of ether oxygens (including phenoxy) is 2. The number of nitrogens with one attached hydrogen (secondary N) is 1. The molecule has 1 aliphatic rings. The highest BCUT2D eigenvalue weighted by Gasteiger charge is 2.17. The number of morpholine rings is 1. The molecule has 5 nitrogen and oxygen atoms in total. The Morgan fingerprint density at radius 2 is 1.92 bits per heavy atom. The van der Waals surface area contributed by atoms with Crippen molar-refractivity contribution in [2.75, 3.05) is 31.2 Å². The lowest BCUT2D eigenvalue weighted by atomic mass is 10.1. The van der Waals surface area contributed by atoms with Crippen molar-refractivity contribution in [1.29, 1.82) is 0 Å². The Bertz CT molecular complexity index is 688. The zero-order chi connectivity index (χ0) is 17.6. The van der Waals surface area contributed by atoms with Crippen molar-refractivity contribution in [3.8, 4) is 5.75 Å². The van der Waals surface area contributed by atoms with Crippen LogP contribution in [0.3, 0.4) is 0 Å². The summed E-state index contributed by atoms with van der Waals surface area (Å²) in [7, 11) is 0. The fourth-order valence-corrected chi connectivity index (χ4v) is 3.63. The van der Waals surface area contributed by atoms with Crippen LogP contribution in [0.15, 0.2) is 52.3 Å². The van der Waals surface area contributed by atoms with Crippen LogP contribution in [0.25, 0.3) is 0 Å². The molecular weight excluding hydrogens is 334 g/mol. The first kappa shape index (κ1) is 17.9. The monoisotopic (exact) mass is 359 g/mol. The van der Waals surface area contributed by atoms with Gasteiger partial charge in [0, 0.05) is 29.3 Å². The molecular formula is C19H25N3O2S. The molecule has 2 atom stereocenters. The predicted octanol–water partition coefficient (Wildman–Crippen LogP) is 3.15. The maximum atomic E-state index is 6.00. The Kier molecular flexibility index (Phi) is 6.07. The summed E-state index contributed by atoms with van der Waals surface area (Å²) < 4.78 is 11.7. The van der Waals surface area contributed by atoms with Gasteiger partial charge in [-0.2, -0.15) is 0 Å². The van der Waals surface area contributed by atoms with Crippen LogP contribution in [0.4, 0.5) is 11.4 Å². The van der Waals surface area contributed by atoms with E-state index >= 15 is 0 Å². The number of nitrogens with two attached hydrogens (primary N) is 2. The number of hydrogen-bond acceptors (Lipinski definition) is 6. The van der Waals surface area contributed by atoms with Gasteiger partial charge in [0.25, 0.3) is 0 Å².